The van der Waals surface area contributed by atoms with Crippen molar-refractivity contribution in [1.82, 2.24) is 30.1 Å². The van der Waals surface area contributed by atoms with Crippen LogP contribution < -0.4 is 5.32 Å². The molecule has 0 atom stereocenters. The molecule has 9 nitrogen and oxygen atoms in total. The summed E-state index contributed by atoms with van der Waals surface area (Å²) in [5.74, 6) is 2.56. The maximum Gasteiger partial charge on any atom is 0.225 e. The topological polar surface area (TPSA) is 80.5 Å². The largest absolute Gasteiger partial charge is 0.361 e. The molecule has 3 aliphatic rings. The van der Waals surface area contributed by atoms with Crippen LogP contribution in [0.15, 0.2) is 15.6 Å². The van der Waals surface area contributed by atoms with E-state index >= 15 is 0 Å². The number of aromatic nitrogens is 1. The first-order chi connectivity index (χ1) is 15.1. The van der Waals surface area contributed by atoms with Gasteiger partial charge in [-0.25, -0.2) is 0 Å². The van der Waals surface area contributed by atoms with E-state index in [2.05, 4.69) is 35.1 Å². The standard InChI is InChI=1S/C22H37N7O2/c1-18-16-20(25-31-18)17-27-10-14-29(15-11-27)22(23-2)24-6-7-26-8-12-28(13-9-26)21(30)19-4-3-5-19/h16,19H,3-15,17H2,1-2H3,(H,23,24). The second-order valence-electron chi connectivity index (χ2n) is 8.96. The van der Waals surface area contributed by atoms with E-state index in [-0.39, 0.29) is 0 Å². The van der Waals surface area contributed by atoms with E-state index in [9.17, 15) is 4.79 Å². The van der Waals surface area contributed by atoms with Gasteiger partial charge in [0.05, 0.1) is 5.69 Å². The summed E-state index contributed by atoms with van der Waals surface area (Å²) in [6.07, 6.45) is 3.41. The van der Waals surface area contributed by atoms with E-state index in [1.54, 1.807) is 0 Å². The van der Waals surface area contributed by atoms with Crippen molar-refractivity contribution in [2.45, 2.75) is 32.7 Å². The normalized spacial score (nSPS) is 21.9. The number of aryl methyl sites for hydroxylation is 1. The molecular weight excluding hydrogens is 394 g/mol. The molecular formula is C22H37N7O2. The summed E-state index contributed by atoms with van der Waals surface area (Å²) < 4.78 is 5.17. The number of nitrogens with one attached hydrogen (secondary N) is 1. The Hall–Kier alpha value is -2.13. The van der Waals surface area contributed by atoms with Gasteiger partial charge in [-0.05, 0) is 19.8 Å². The highest BCUT2D eigenvalue weighted by Crippen LogP contribution is 2.28. The lowest BCUT2D eigenvalue weighted by molar-refractivity contribution is -0.139. The third-order valence-corrected chi connectivity index (χ3v) is 6.80. The van der Waals surface area contributed by atoms with Gasteiger partial charge in [0.2, 0.25) is 5.91 Å². The quantitative estimate of drug-likeness (QED) is 0.522. The molecule has 9 heteroatoms. The monoisotopic (exact) mass is 431 g/mol. The minimum Gasteiger partial charge on any atom is -0.361 e. The fourth-order valence-corrected chi connectivity index (χ4v) is 4.60. The molecule has 1 N–H and O–H groups in total. The molecule has 1 aromatic rings. The third kappa shape index (κ3) is 5.77. The highest BCUT2D eigenvalue weighted by molar-refractivity contribution is 5.80. The second-order valence-corrected chi connectivity index (χ2v) is 8.96. The van der Waals surface area contributed by atoms with Gasteiger partial charge in [0, 0.05) is 91.0 Å². The zero-order valence-electron chi connectivity index (χ0n) is 19.1. The zero-order valence-corrected chi connectivity index (χ0v) is 19.1. The fourth-order valence-electron chi connectivity index (χ4n) is 4.60. The number of hydrogen-bond donors (Lipinski definition) is 1. The van der Waals surface area contributed by atoms with Crippen LogP contribution in [-0.4, -0.2) is 109 Å². The van der Waals surface area contributed by atoms with E-state index < -0.39 is 0 Å². The molecule has 1 aromatic heterocycles. The lowest BCUT2D eigenvalue weighted by Crippen LogP contribution is -2.54. The maximum absolute atomic E-state index is 12.4. The van der Waals surface area contributed by atoms with E-state index in [1.807, 2.05) is 20.0 Å². The molecule has 172 valence electrons. The number of rotatable bonds is 6. The third-order valence-electron chi connectivity index (χ3n) is 6.80. The van der Waals surface area contributed by atoms with Crippen molar-refractivity contribution >= 4 is 11.9 Å². The highest BCUT2D eigenvalue weighted by atomic mass is 16.5. The van der Waals surface area contributed by atoms with E-state index in [4.69, 9.17) is 4.52 Å². The molecule has 1 aliphatic carbocycles. The Labute approximate surface area is 185 Å². The molecule has 0 aromatic carbocycles. The van der Waals surface area contributed by atoms with Crippen LogP contribution >= 0.6 is 0 Å². The van der Waals surface area contributed by atoms with Crippen LogP contribution in [0.4, 0.5) is 0 Å². The van der Waals surface area contributed by atoms with E-state index in [0.29, 0.717) is 11.8 Å². The number of carbonyl (C=O) groups is 1. The Morgan fingerprint density at radius 3 is 2.35 bits per heavy atom. The summed E-state index contributed by atoms with van der Waals surface area (Å²) in [4.78, 5) is 26.1. The number of aliphatic imine (C=N–C) groups is 1. The van der Waals surface area contributed by atoms with Gasteiger partial charge < -0.3 is 19.6 Å². The molecule has 0 radical (unpaired) electrons. The number of amides is 1. The molecule has 1 saturated carbocycles. The van der Waals surface area contributed by atoms with Crippen LogP contribution in [0, 0.1) is 12.8 Å². The first kappa shape index (κ1) is 22.1. The van der Waals surface area contributed by atoms with Crippen molar-refractivity contribution in [1.29, 1.82) is 0 Å². The Morgan fingerprint density at radius 1 is 1.10 bits per heavy atom. The smallest absolute Gasteiger partial charge is 0.225 e. The number of guanidine groups is 1. The number of nitrogens with zero attached hydrogens (tertiary/aromatic N) is 6. The summed E-state index contributed by atoms with van der Waals surface area (Å²) >= 11 is 0. The van der Waals surface area contributed by atoms with E-state index in [0.717, 1.165) is 102 Å². The molecule has 31 heavy (non-hydrogen) atoms. The molecule has 2 saturated heterocycles. The van der Waals surface area contributed by atoms with Gasteiger partial charge >= 0.3 is 0 Å². The first-order valence-electron chi connectivity index (χ1n) is 11.7. The molecule has 4 rings (SSSR count). The Kier molecular flexibility index (Phi) is 7.45. The van der Waals surface area contributed by atoms with Gasteiger partial charge in [-0.15, -0.1) is 0 Å². The fraction of sp³-hybridized carbons (Fsp3) is 0.773. The Balaban J connectivity index is 1.12. The molecule has 0 unspecified atom stereocenters. The zero-order chi connectivity index (χ0) is 21.6. The summed E-state index contributed by atoms with van der Waals surface area (Å²) in [5, 5.41) is 7.64. The SMILES string of the molecule is CN=C(NCCN1CCN(C(=O)C2CCC2)CC1)N1CCN(Cc2cc(C)on2)CC1. The minimum atomic E-state index is 0.317. The van der Waals surface area contributed by atoms with Crippen molar-refractivity contribution in [2.24, 2.45) is 10.9 Å². The van der Waals surface area contributed by atoms with Crippen molar-refractivity contribution < 1.29 is 9.32 Å². The lowest BCUT2D eigenvalue weighted by Gasteiger charge is -2.38. The average molecular weight is 432 g/mol. The van der Waals surface area contributed by atoms with Gasteiger partial charge in [0.15, 0.2) is 5.96 Å². The predicted octanol–water partition coefficient (Wildman–Crippen LogP) is 0.620. The van der Waals surface area contributed by atoms with E-state index in [1.165, 1.54) is 6.42 Å². The van der Waals surface area contributed by atoms with Gasteiger partial charge in [-0.2, -0.15) is 0 Å². The van der Waals surface area contributed by atoms with Crippen LogP contribution in [0.2, 0.25) is 0 Å². The molecule has 1 amide bonds. The number of piperazine rings is 2. The summed E-state index contributed by atoms with van der Waals surface area (Å²) in [5.41, 5.74) is 1.00. The Bertz CT molecular complexity index is 745. The van der Waals surface area contributed by atoms with Crippen LogP contribution in [0.25, 0.3) is 0 Å². The molecule has 3 fully saturated rings. The van der Waals surface area contributed by atoms with Crippen LogP contribution in [0.1, 0.15) is 30.7 Å². The van der Waals surface area contributed by atoms with Gasteiger partial charge in [-0.3, -0.25) is 19.6 Å². The predicted molar refractivity (Wildman–Crippen MR) is 120 cm³/mol. The lowest BCUT2D eigenvalue weighted by atomic mass is 9.84. The minimum absolute atomic E-state index is 0.317. The van der Waals surface area contributed by atoms with Crippen LogP contribution in [0.3, 0.4) is 0 Å². The van der Waals surface area contributed by atoms with Crippen molar-refractivity contribution in [3.8, 4) is 0 Å². The molecule has 0 bridgehead atoms. The van der Waals surface area contributed by atoms with Gasteiger partial charge in [0.25, 0.3) is 0 Å². The van der Waals surface area contributed by atoms with Crippen molar-refractivity contribution in [3.63, 3.8) is 0 Å². The molecule has 0 spiro atoms. The van der Waals surface area contributed by atoms with Crippen molar-refractivity contribution in [2.75, 3.05) is 72.5 Å². The Morgan fingerprint density at radius 2 is 1.77 bits per heavy atom. The first-order valence-corrected chi connectivity index (χ1v) is 11.7. The van der Waals surface area contributed by atoms with Crippen LogP contribution in [0.5, 0.6) is 0 Å². The average Bonchev–Trinajstić information content (AvgIpc) is 3.16. The molecule has 2 aliphatic heterocycles. The van der Waals surface area contributed by atoms with Crippen molar-refractivity contribution in [3.05, 3.63) is 17.5 Å². The van der Waals surface area contributed by atoms with Gasteiger partial charge in [0.1, 0.15) is 5.76 Å². The maximum atomic E-state index is 12.4. The highest BCUT2D eigenvalue weighted by Gasteiger charge is 2.31. The van der Waals surface area contributed by atoms with Crippen LogP contribution in [-0.2, 0) is 11.3 Å². The summed E-state index contributed by atoms with van der Waals surface area (Å²) in [6.45, 7) is 12.2. The number of carbonyl (C=O) groups excluding carboxylic acids is 1. The summed E-state index contributed by atoms with van der Waals surface area (Å²) in [7, 11) is 1.86. The second kappa shape index (κ2) is 10.5. The summed E-state index contributed by atoms with van der Waals surface area (Å²) in [6, 6.07) is 2.01. The molecule has 3 heterocycles. The van der Waals surface area contributed by atoms with Gasteiger partial charge in [-0.1, -0.05) is 11.6 Å². The number of hydrogen-bond acceptors (Lipinski definition) is 6.